The lowest BCUT2D eigenvalue weighted by molar-refractivity contribution is -0.131. The van der Waals surface area contributed by atoms with Crippen LogP contribution in [0.5, 0.6) is 0 Å². The number of carbonyl (C=O) groups excluding carboxylic acids is 1. The normalized spacial score (nSPS) is 12.9. The molecular formula is C21H28IN5O. The van der Waals surface area contributed by atoms with Gasteiger partial charge < -0.3 is 15.5 Å². The van der Waals surface area contributed by atoms with E-state index < -0.39 is 0 Å². The number of nitrogens with zero attached hydrogens (tertiary/aromatic N) is 3. The Morgan fingerprint density at radius 2 is 1.82 bits per heavy atom. The SMILES string of the molecule is CCNC(=NCc1ccccn1)NCCCC(=O)N1Cc2ccccc2C1.I. The maximum atomic E-state index is 12.4. The molecule has 0 atom stereocenters. The molecule has 28 heavy (non-hydrogen) atoms. The van der Waals surface area contributed by atoms with Gasteiger partial charge >= 0.3 is 0 Å². The molecule has 2 N–H and O–H groups in total. The van der Waals surface area contributed by atoms with Gasteiger partial charge in [0, 0.05) is 38.8 Å². The maximum Gasteiger partial charge on any atom is 0.223 e. The van der Waals surface area contributed by atoms with Crippen LogP contribution in [0.4, 0.5) is 0 Å². The number of hydrogen-bond donors (Lipinski definition) is 2. The molecule has 0 unspecified atom stereocenters. The zero-order valence-corrected chi connectivity index (χ0v) is 18.6. The van der Waals surface area contributed by atoms with Crippen molar-refractivity contribution in [2.24, 2.45) is 4.99 Å². The van der Waals surface area contributed by atoms with Crippen molar-refractivity contribution in [1.82, 2.24) is 20.5 Å². The van der Waals surface area contributed by atoms with Crippen LogP contribution in [-0.2, 0) is 24.4 Å². The minimum absolute atomic E-state index is 0. The molecule has 2 heterocycles. The second kappa shape index (κ2) is 11.6. The van der Waals surface area contributed by atoms with Crippen molar-refractivity contribution in [2.45, 2.75) is 39.4 Å². The van der Waals surface area contributed by atoms with Crippen molar-refractivity contribution >= 4 is 35.8 Å². The topological polar surface area (TPSA) is 69.6 Å². The summed E-state index contributed by atoms with van der Waals surface area (Å²) in [4.78, 5) is 23.2. The van der Waals surface area contributed by atoms with Crippen molar-refractivity contribution < 1.29 is 4.79 Å². The van der Waals surface area contributed by atoms with E-state index in [1.165, 1.54) is 11.1 Å². The number of nitrogens with one attached hydrogen (secondary N) is 2. The van der Waals surface area contributed by atoms with Crippen molar-refractivity contribution in [3.63, 3.8) is 0 Å². The summed E-state index contributed by atoms with van der Waals surface area (Å²) in [5.41, 5.74) is 3.46. The number of rotatable bonds is 7. The molecular weight excluding hydrogens is 465 g/mol. The molecule has 0 radical (unpaired) electrons. The van der Waals surface area contributed by atoms with Crippen LogP contribution in [0.3, 0.4) is 0 Å². The van der Waals surface area contributed by atoms with Crippen LogP contribution in [0, 0.1) is 0 Å². The monoisotopic (exact) mass is 493 g/mol. The van der Waals surface area contributed by atoms with Gasteiger partial charge in [0.15, 0.2) is 5.96 Å². The van der Waals surface area contributed by atoms with Crippen molar-refractivity contribution in [2.75, 3.05) is 13.1 Å². The average molecular weight is 493 g/mol. The molecule has 3 rings (SSSR count). The van der Waals surface area contributed by atoms with Gasteiger partial charge in [-0.1, -0.05) is 30.3 Å². The highest BCUT2D eigenvalue weighted by Gasteiger charge is 2.22. The Balaban J connectivity index is 0.00000280. The molecule has 0 fully saturated rings. The highest BCUT2D eigenvalue weighted by atomic mass is 127. The van der Waals surface area contributed by atoms with Crippen LogP contribution in [0.1, 0.15) is 36.6 Å². The lowest BCUT2D eigenvalue weighted by atomic mass is 10.1. The van der Waals surface area contributed by atoms with Gasteiger partial charge in [0.1, 0.15) is 0 Å². The predicted octanol–water partition coefficient (Wildman–Crippen LogP) is 3.08. The maximum absolute atomic E-state index is 12.4. The summed E-state index contributed by atoms with van der Waals surface area (Å²) in [6.07, 6.45) is 3.09. The Morgan fingerprint density at radius 3 is 2.46 bits per heavy atom. The molecule has 1 amide bonds. The van der Waals surface area contributed by atoms with Gasteiger partial charge in [-0.2, -0.15) is 0 Å². The van der Waals surface area contributed by atoms with Gasteiger partial charge in [-0.3, -0.25) is 9.78 Å². The van der Waals surface area contributed by atoms with Gasteiger partial charge in [0.2, 0.25) is 5.91 Å². The molecule has 0 saturated heterocycles. The molecule has 150 valence electrons. The number of carbonyl (C=O) groups is 1. The van der Waals surface area contributed by atoms with E-state index in [2.05, 4.69) is 32.7 Å². The number of guanidine groups is 1. The molecule has 2 aromatic rings. The summed E-state index contributed by atoms with van der Waals surface area (Å²) in [6.45, 7) is 5.53. The quantitative estimate of drug-likeness (QED) is 0.269. The fraction of sp³-hybridized carbons (Fsp3) is 0.381. The van der Waals surface area contributed by atoms with E-state index in [4.69, 9.17) is 0 Å². The third kappa shape index (κ3) is 6.47. The van der Waals surface area contributed by atoms with E-state index in [1.54, 1.807) is 6.20 Å². The van der Waals surface area contributed by atoms with E-state index in [9.17, 15) is 4.79 Å². The van der Waals surface area contributed by atoms with Crippen molar-refractivity contribution in [3.05, 3.63) is 65.5 Å². The van der Waals surface area contributed by atoms with Crippen LogP contribution >= 0.6 is 24.0 Å². The lowest BCUT2D eigenvalue weighted by Gasteiger charge is -2.16. The number of halogens is 1. The molecule has 0 bridgehead atoms. The van der Waals surface area contributed by atoms with E-state index in [-0.39, 0.29) is 29.9 Å². The highest BCUT2D eigenvalue weighted by Crippen LogP contribution is 2.22. The van der Waals surface area contributed by atoms with E-state index in [0.29, 0.717) is 19.5 Å². The summed E-state index contributed by atoms with van der Waals surface area (Å²) < 4.78 is 0. The molecule has 6 nitrogen and oxygen atoms in total. The van der Waals surface area contributed by atoms with Crippen LogP contribution in [-0.4, -0.2) is 34.8 Å². The molecule has 1 aromatic carbocycles. The number of benzene rings is 1. The fourth-order valence-corrected chi connectivity index (χ4v) is 3.11. The number of aliphatic imine (C=N–C) groups is 1. The van der Waals surface area contributed by atoms with E-state index in [0.717, 1.165) is 37.7 Å². The second-order valence-electron chi connectivity index (χ2n) is 6.57. The minimum atomic E-state index is 0. The largest absolute Gasteiger partial charge is 0.357 e. The first-order valence-corrected chi connectivity index (χ1v) is 9.53. The molecule has 0 spiro atoms. The Labute approximate surface area is 183 Å². The summed E-state index contributed by atoms with van der Waals surface area (Å²) >= 11 is 0. The van der Waals surface area contributed by atoms with Crippen molar-refractivity contribution in [1.29, 1.82) is 0 Å². The third-order valence-corrected chi connectivity index (χ3v) is 4.52. The molecule has 1 aliphatic heterocycles. The fourth-order valence-electron chi connectivity index (χ4n) is 3.11. The number of pyridine rings is 1. The lowest BCUT2D eigenvalue weighted by Crippen LogP contribution is -2.38. The molecule has 0 saturated carbocycles. The van der Waals surface area contributed by atoms with Crippen LogP contribution in [0.15, 0.2) is 53.7 Å². The second-order valence-corrected chi connectivity index (χ2v) is 6.57. The zero-order chi connectivity index (χ0) is 18.9. The molecule has 7 heteroatoms. The molecule has 0 aliphatic carbocycles. The summed E-state index contributed by atoms with van der Waals surface area (Å²) in [7, 11) is 0. The Kier molecular flexibility index (Phi) is 9.19. The van der Waals surface area contributed by atoms with Gasteiger partial charge in [0.25, 0.3) is 0 Å². The highest BCUT2D eigenvalue weighted by molar-refractivity contribution is 14.0. The standard InChI is InChI=1S/C21H27N5O.HI/c1-2-22-21(25-14-19-10-5-6-12-23-19)24-13-7-11-20(27)26-15-17-8-3-4-9-18(17)16-26;/h3-6,8-10,12H,2,7,11,13-16H2,1H3,(H2,22,24,25);1H. The zero-order valence-electron chi connectivity index (χ0n) is 16.2. The van der Waals surface area contributed by atoms with Gasteiger partial charge in [-0.15, -0.1) is 24.0 Å². The number of aromatic nitrogens is 1. The number of hydrogen-bond acceptors (Lipinski definition) is 3. The Bertz CT molecular complexity index is 756. The first-order valence-electron chi connectivity index (χ1n) is 9.53. The summed E-state index contributed by atoms with van der Waals surface area (Å²) in [5.74, 6) is 0.965. The first kappa shape index (κ1) is 22.1. The van der Waals surface area contributed by atoms with Gasteiger partial charge in [0.05, 0.1) is 12.2 Å². The minimum Gasteiger partial charge on any atom is -0.357 e. The Hall–Kier alpha value is -2.16. The predicted molar refractivity (Wildman–Crippen MR) is 122 cm³/mol. The average Bonchev–Trinajstić information content (AvgIpc) is 3.14. The smallest absolute Gasteiger partial charge is 0.223 e. The first-order chi connectivity index (χ1) is 13.3. The summed E-state index contributed by atoms with van der Waals surface area (Å²) in [5, 5.41) is 6.52. The third-order valence-electron chi connectivity index (χ3n) is 4.52. The number of amides is 1. The van der Waals surface area contributed by atoms with Gasteiger partial charge in [-0.25, -0.2) is 4.99 Å². The van der Waals surface area contributed by atoms with Crippen LogP contribution < -0.4 is 10.6 Å². The van der Waals surface area contributed by atoms with Crippen LogP contribution in [0.25, 0.3) is 0 Å². The van der Waals surface area contributed by atoms with E-state index >= 15 is 0 Å². The molecule has 1 aromatic heterocycles. The molecule has 1 aliphatic rings. The van der Waals surface area contributed by atoms with Crippen molar-refractivity contribution in [3.8, 4) is 0 Å². The Morgan fingerprint density at radius 1 is 1.11 bits per heavy atom. The van der Waals surface area contributed by atoms with Crippen LogP contribution in [0.2, 0.25) is 0 Å². The summed E-state index contributed by atoms with van der Waals surface area (Å²) in [6, 6.07) is 14.1. The van der Waals surface area contributed by atoms with Gasteiger partial charge in [-0.05, 0) is 36.6 Å². The number of fused-ring (bicyclic) bond motifs is 1. The van der Waals surface area contributed by atoms with E-state index in [1.807, 2.05) is 42.2 Å².